The van der Waals surface area contributed by atoms with Crippen molar-refractivity contribution in [1.29, 1.82) is 0 Å². The van der Waals surface area contributed by atoms with Crippen LogP contribution in [0.4, 0.5) is 5.69 Å². The second kappa shape index (κ2) is 4.83. The number of halogens is 1. The first-order valence-corrected chi connectivity index (χ1v) is 4.95. The second-order valence-electron chi connectivity index (χ2n) is 2.90. The summed E-state index contributed by atoms with van der Waals surface area (Å²) in [6.07, 6.45) is 5.91. The number of benzene rings is 1. The number of hydrogen-bond donors (Lipinski definition) is 1. The van der Waals surface area contributed by atoms with Crippen molar-refractivity contribution in [3.8, 4) is 12.3 Å². The molecule has 0 radical (unpaired) electrons. The molecule has 72 valence electrons. The van der Waals surface area contributed by atoms with Crippen molar-refractivity contribution in [1.82, 2.24) is 0 Å². The first-order valence-electron chi connectivity index (χ1n) is 4.16. The summed E-state index contributed by atoms with van der Waals surface area (Å²) in [6.45, 7) is 0. The van der Waals surface area contributed by atoms with Crippen LogP contribution in [0.2, 0.25) is 0 Å². The van der Waals surface area contributed by atoms with E-state index in [2.05, 4.69) is 21.9 Å². The fourth-order valence-corrected chi connectivity index (χ4v) is 1.61. The Bertz CT molecular complexity index is 373. The summed E-state index contributed by atoms with van der Waals surface area (Å²) < 4.78 is 0.807. The summed E-state index contributed by atoms with van der Waals surface area (Å²) in [5.74, 6) is 2.46. The molecule has 0 aromatic heterocycles. The van der Waals surface area contributed by atoms with Crippen molar-refractivity contribution in [3.05, 3.63) is 28.2 Å². The van der Waals surface area contributed by atoms with Crippen LogP contribution in [0.1, 0.15) is 23.2 Å². The van der Waals surface area contributed by atoms with Gasteiger partial charge in [-0.1, -0.05) is 15.9 Å². The van der Waals surface area contributed by atoms with E-state index in [-0.39, 0.29) is 5.78 Å². The van der Waals surface area contributed by atoms with E-state index in [1.54, 1.807) is 18.2 Å². The summed E-state index contributed by atoms with van der Waals surface area (Å²) >= 11 is 3.28. The first kappa shape index (κ1) is 10.8. The summed E-state index contributed by atoms with van der Waals surface area (Å²) in [5.41, 5.74) is 6.78. The molecule has 0 saturated heterocycles. The van der Waals surface area contributed by atoms with Crippen LogP contribution in [0.25, 0.3) is 0 Å². The molecule has 2 nitrogen and oxygen atoms in total. The number of ketones is 1. The lowest BCUT2D eigenvalue weighted by atomic mass is 10.1. The molecule has 0 amide bonds. The zero-order chi connectivity index (χ0) is 10.6. The molecule has 1 aromatic rings. The van der Waals surface area contributed by atoms with E-state index < -0.39 is 0 Å². The largest absolute Gasteiger partial charge is 0.399 e. The lowest BCUT2D eigenvalue weighted by Crippen LogP contribution is -1.99. The number of hydrogen-bond acceptors (Lipinski definition) is 2. The number of nitrogens with two attached hydrogens (primary N) is 1. The zero-order valence-corrected chi connectivity index (χ0v) is 9.17. The quantitative estimate of drug-likeness (QED) is 0.510. The maximum absolute atomic E-state index is 11.5. The molecule has 0 bridgehead atoms. The average molecular weight is 252 g/mol. The Morgan fingerprint density at radius 3 is 2.79 bits per heavy atom. The lowest BCUT2D eigenvalue weighted by Gasteiger charge is -2.01. The van der Waals surface area contributed by atoms with E-state index in [0.29, 0.717) is 24.1 Å². The molecule has 14 heavy (non-hydrogen) atoms. The van der Waals surface area contributed by atoms with Gasteiger partial charge in [-0.2, -0.15) is 0 Å². The highest BCUT2D eigenvalue weighted by molar-refractivity contribution is 9.10. The van der Waals surface area contributed by atoms with Gasteiger partial charge in [-0.15, -0.1) is 12.3 Å². The maximum Gasteiger partial charge on any atom is 0.163 e. The molecule has 0 aliphatic rings. The van der Waals surface area contributed by atoms with Crippen LogP contribution in [0.3, 0.4) is 0 Å². The monoisotopic (exact) mass is 251 g/mol. The van der Waals surface area contributed by atoms with Gasteiger partial charge in [0, 0.05) is 28.6 Å². The summed E-state index contributed by atoms with van der Waals surface area (Å²) in [4.78, 5) is 11.5. The van der Waals surface area contributed by atoms with Gasteiger partial charge in [0.25, 0.3) is 0 Å². The van der Waals surface area contributed by atoms with Crippen LogP contribution in [0, 0.1) is 12.3 Å². The van der Waals surface area contributed by atoms with Crippen LogP contribution in [-0.4, -0.2) is 5.78 Å². The van der Waals surface area contributed by atoms with Gasteiger partial charge in [0.05, 0.1) is 0 Å². The Kier molecular flexibility index (Phi) is 3.73. The third-order valence-corrected chi connectivity index (χ3v) is 2.20. The van der Waals surface area contributed by atoms with Crippen molar-refractivity contribution in [2.45, 2.75) is 12.8 Å². The number of terminal acetylenes is 1. The molecule has 1 rings (SSSR count). The summed E-state index contributed by atoms with van der Waals surface area (Å²) in [5, 5.41) is 0. The minimum absolute atomic E-state index is 0.0240. The Balaban J connectivity index is 2.85. The number of nitrogen functional groups attached to an aromatic ring is 1. The zero-order valence-electron chi connectivity index (χ0n) is 7.59. The van der Waals surface area contributed by atoms with Crippen LogP contribution in [0.15, 0.2) is 22.7 Å². The SMILES string of the molecule is C#CCCC(=O)c1cc(N)cc(Br)c1. The first-order chi connectivity index (χ1) is 6.63. The molecule has 0 atom stereocenters. The van der Waals surface area contributed by atoms with Crippen molar-refractivity contribution < 1.29 is 4.79 Å². The van der Waals surface area contributed by atoms with Crippen molar-refractivity contribution in [2.24, 2.45) is 0 Å². The Morgan fingerprint density at radius 1 is 1.50 bits per heavy atom. The van der Waals surface area contributed by atoms with Gasteiger partial charge in [0.2, 0.25) is 0 Å². The third kappa shape index (κ3) is 2.90. The normalized spacial score (nSPS) is 9.43. The summed E-state index contributed by atoms with van der Waals surface area (Å²) in [6, 6.07) is 5.15. The number of anilines is 1. The van der Waals surface area contributed by atoms with Crippen molar-refractivity contribution >= 4 is 27.4 Å². The van der Waals surface area contributed by atoms with Gasteiger partial charge in [-0.25, -0.2) is 0 Å². The topological polar surface area (TPSA) is 43.1 Å². The Hall–Kier alpha value is -1.27. The predicted molar refractivity (Wildman–Crippen MR) is 61.0 cm³/mol. The van der Waals surface area contributed by atoms with Crippen LogP contribution in [0.5, 0.6) is 0 Å². The van der Waals surface area contributed by atoms with Crippen molar-refractivity contribution in [2.75, 3.05) is 5.73 Å². The minimum Gasteiger partial charge on any atom is -0.399 e. The third-order valence-electron chi connectivity index (χ3n) is 1.74. The molecule has 1 aromatic carbocycles. The highest BCUT2D eigenvalue weighted by Crippen LogP contribution is 2.18. The molecule has 2 N–H and O–H groups in total. The van der Waals surface area contributed by atoms with Gasteiger partial charge in [0.1, 0.15) is 0 Å². The maximum atomic E-state index is 11.5. The minimum atomic E-state index is 0.0240. The van der Waals surface area contributed by atoms with Gasteiger partial charge in [-0.05, 0) is 18.2 Å². The molecule has 0 aliphatic carbocycles. The Labute approximate surface area is 91.6 Å². The molecule has 0 saturated carbocycles. The number of carbonyl (C=O) groups excluding carboxylic acids is 1. The molecular formula is C11H10BrNO. The Morgan fingerprint density at radius 2 is 2.21 bits per heavy atom. The van der Waals surface area contributed by atoms with E-state index >= 15 is 0 Å². The van der Waals surface area contributed by atoms with Gasteiger partial charge in [-0.3, -0.25) is 4.79 Å². The van der Waals surface area contributed by atoms with Crippen LogP contribution < -0.4 is 5.73 Å². The molecular weight excluding hydrogens is 242 g/mol. The summed E-state index contributed by atoms with van der Waals surface area (Å²) in [7, 11) is 0. The molecule has 0 spiro atoms. The van der Waals surface area contributed by atoms with Gasteiger partial charge < -0.3 is 5.73 Å². The predicted octanol–water partition coefficient (Wildman–Crippen LogP) is 2.63. The molecule has 0 fully saturated rings. The molecule has 0 aliphatic heterocycles. The highest BCUT2D eigenvalue weighted by Gasteiger charge is 2.06. The van der Waals surface area contributed by atoms with E-state index in [4.69, 9.17) is 12.2 Å². The molecule has 0 unspecified atom stereocenters. The van der Waals surface area contributed by atoms with Gasteiger partial charge in [0.15, 0.2) is 5.78 Å². The van der Waals surface area contributed by atoms with E-state index in [1.165, 1.54) is 0 Å². The van der Waals surface area contributed by atoms with Crippen LogP contribution >= 0.6 is 15.9 Å². The van der Waals surface area contributed by atoms with Crippen LogP contribution in [-0.2, 0) is 0 Å². The fourth-order valence-electron chi connectivity index (χ4n) is 1.10. The standard InChI is InChI=1S/C11H10BrNO/c1-2-3-4-11(14)8-5-9(12)7-10(13)6-8/h1,5-7H,3-4,13H2. The number of Topliss-reactive ketones (excluding diaryl/α,β-unsaturated/α-hetero) is 1. The van der Waals surface area contributed by atoms with E-state index in [1.807, 2.05) is 0 Å². The van der Waals surface area contributed by atoms with Gasteiger partial charge >= 0.3 is 0 Å². The smallest absolute Gasteiger partial charge is 0.163 e. The second-order valence-corrected chi connectivity index (χ2v) is 3.82. The van der Waals surface area contributed by atoms with E-state index in [0.717, 1.165) is 4.47 Å². The molecule has 0 heterocycles. The fraction of sp³-hybridized carbons (Fsp3) is 0.182. The van der Waals surface area contributed by atoms with E-state index in [9.17, 15) is 4.79 Å². The number of carbonyl (C=O) groups is 1. The van der Waals surface area contributed by atoms with Crippen molar-refractivity contribution in [3.63, 3.8) is 0 Å². The number of rotatable bonds is 3. The molecule has 3 heteroatoms. The average Bonchev–Trinajstić information content (AvgIpc) is 2.12. The lowest BCUT2D eigenvalue weighted by molar-refractivity contribution is 0.0984. The highest BCUT2D eigenvalue weighted by atomic mass is 79.9.